The molecule has 0 atom stereocenters. The Bertz CT molecular complexity index is 505. The van der Waals surface area contributed by atoms with Crippen LogP contribution < -0.4 is 9.64 Å². The molecule has 4 nitrogen and oxygen atoms in total. The van der Waals surface area contributed by atoms with E-state index in [-0.39, 0.29) is 0 Å². The van der Waals surface area contributed by atoms with E-state index >= 15 is 0 Å². The lowest BCUT2D eigenvalue weighted by atomic mass is 10.1. The molecule has 0 spiro atoms. The van der Waals surface area contributed by atoms with Crippen LogP contribution in [0.4, 0.5) is 5.82 Å². The Balaban J connectivity index is 2.39. The molecule has 0 bridgehead atoms. The minimum Gasteiger partial charge on any atom is -0.497 e. The summed E-state index contributed by atoms with van der Waals surface area (Å²) in [6, 6.07) is 7.85. The summed E-state index contributed by atoms with van der Waals surface area (Å²) in [4.78, 5) is 1.95. The summed E-state index contributed by atoms with van der Waals surface area (Å²) in [6.07, 6.45) is 0. The number of nitrogens with zero attached hydrogens (tertiary/aromatic N) is 2. The summed E-state index contributed by atoms with van der Waals surface area (Å²) >= 11 is 3.56. The molecule has 90 valence electrons. The van der Waals surface area contributed by atoms with Gasteiger partial charge in [0.15, 0.2) is 5.82 Å². The molecule has 1 N–H and O–H groups in total. The van der Waals surface area contributed by atoms with Crippen LogP contribution in [0.2, 0.25) is 0 Å². The number of aromatic amines is 1. The zero-order valence-corrected chi connectivity index (χ0v) is 11.6. The average Bonchev–Trinajstić information content (AvgIpc) is 2.71. The average molecular weight is 296 g/mol. The third-order valence-electron chi connectivity index (χ3n) is 2.49. The lowest BCUT2D eigenvalue weighted by Crippen LogP contribution is -2.09. The van der Waals surface area contributed by atoms with E-state index in [1.165, 1.54) is 0 Å². The van der Waals surface area contributed by atoms with Crippen LogP contribution >= 0.6 is 15.9 Å². The minimum atomic E-state index is 0.845. The van der Waals surface area contributed by atoms with Crippen molar-refractivity contribution in [1.29, 1.82) is 0 Å². The summed E-state index contributed by atoms with van der Waals surface area (Å²) < 4.78 is 6.10. The Kier molecular flexibility index (Phi) is 3.38. The molecular weight excluding hydrogens is 282 g/mol. The molecule has 1 heterocycles. The van der Waals surface area contributed by atoms with E-state index in [1.54, 1.807) is 7.11 Å². The van der Waals surface area contributed by atoms with Crippen LogP contribution in [0.25, 0.3) is 11.3 Å². The van der Waals surface area contributed by atoms with Crippen molar-refractivity contribution >= 4 is 21.7 Å². The molecule has 0 aliphatic rings. The van der Waals surface area contributed by atoms with Crippen LogP contribution in [0, 0.1) is 0 Å². The quantitative estimate of drug-likeness (QED) is 0.947. The number of benzene rings is 1. The van der Waals surface area contributed by atoms with Crippen molar-refractivity contribution in [2.45, 2.75) is 0 Å². The molecule has 0 saturated carbocycles. The van der Waals surface area contributed by atoms with Crippen molar-refractivity contribution in [3.63, 3.8) is 0 Å². The van der Waals surface area contributed by atoms with E-state index in [1.807, 2.05) is 43.3 Å². The zero-order valence-electron chi connectivity index (χ0n) is 9.99. The molecule has 0 aliphatic carbocycles. The van der Waals surface area contributed by atoms with Crippen molar-refractivity contribution < 1.29 is 4.74 Å². The second-order valence-corrected chi connectivity index (χ2v) is 4.65. The van der Waals surface area contributed by atoms with Gasteiger partial charge >= 0.3 is 0 Å². The highest BCUT2D eigenvalue weighted by Gasteiger charge is 2.13. The van der Waals surface area contributed by atoms with Crippen LogP contribution in [0.15, 0.2) is 28.7 Å². The van der Waals surface area contributed by atoms with E-state index in [9.17, 15) is 0 Å². The van der Waals surface area contributed by atoms with E-state index in [2.05, 4.69) is 26.1 Å². The number of ether oxygens (including phenoxy) is 1. The zero-order chi connectivity index (χ0) is 12.4. The van der Waals surface area contributed by atoms with Gasteiger partial charge in [-0.3, -0.25) is 5.10 Å². The standard InChI is InChI=1S/C12H14BrN3O/c1-16(2)12-10(13)11(14-15-12)8-4-6-9(17-3)7-5-8/h4-7H,1-3H3,(H,14,15). The number of hydrogen-bond acceptors (Lipinski definition) is 3. The van der Waals surface area contributed by atoms with E-state index in [0.29, 0.717) is 0 Å². The van der Waals surface area contributed by atoms with Crippen LogP contribution in [0.3, 0.4) is 0 Å². The van der Waals surface area contributed by atoms with Gasteiger partial charge in [0.05, 0.1) is 17.3 Å². The smallest absolute Gasteiger partial charge is 0.164 e. The minimum absolute atomic E-state index is 0.845. The highest BCUT2D eigenvalue weighted by molar-refractivity contribution is 9.10. The Morgan fingerprint density at radius 1 is 1.24 bits per heavy atom. The summed E-state index contributed by atoms with van der Waals surface area (Å²) in [5.74, 6) is 1.73. The summed E-state index contributed by atoms with van der Waals surface area (Å²) in [6.45, 7) is 0. The van der Waals surface area contributed by atoms with Gasteiger partial charge in [-0.1, -0.05) is 0 Å². The number of rotatable bonds is 3. The predicted octanol–water partition coefficient (Wildman–Crippen LogP) is 2.91. The summed E-state index contributed by atoms with van der Waals surface area (Å²) in [7, 11) is 5.57. The summed E-state index contributed by atoms with van der Waals surface area (Å²) in [5.41, 5.74) is 2.04. The topological polar surface area (TPSA) is 41.1 Å². The molecule has 0 radical (unpaired) electrons. The summed E-state index contributed by atoms with van der Waals surface area (Å²) in [5, 5.41) is 7.29. The highest BCUT2D eigenvalue weighted by Crippen LogP contribution is 2.33. The molecule has 0 saturated heterocycles. The first-order valence-electron chi connectivity index (χ1n) is 5.19. The number of anilines is 1. The molecule has 17 heavy (non-hydrogen) atoms. The fourth-order valence-electron chi connectivity index (χ4n) is 1.56. The van der Waals surface area contributed by atoms with Crippen molar-refractivity contribution in [2.24, 2.45) is 0 Å². The molecule has 0 unspecified atom stereocenters. The van der Waals surface area contributed by atoms with Crippen LogP contribution in [-0.2, 0) is 0 Å². The van der Waals surface area contributed by atoms with E-state index < -0.39 is 0 Å². The van der Waals surface area contributed by atoms with Gasteiger partial charge in [0, 0.05) is 19.7 Å². The molecule has 0 aliphatic heterocycles. The molecular formula is C12H14BrN3O. The second-order valence-electron chi connectivity index (χ2n) is 3.86. The van der Waals surface area contributed by atoms with Crippen molar-refractivity contribution in [3.05, 3.63) is 28.7 Å². The lowest BCUT2D eigenvalue weighted by Gasteiger charge is -2.08. The molecule has 2 aromatic rings. The largest absolute Gasteiger partial charge is 0.497 e. The third kappa shape index (κ3) is 2.29. The maximum Gasteiger partial charge on any atom is 0.164 e. The Hall–Kier alpha value is -1.49. The van der Waals surface area contributed by atoms with E-state index in [0.717, 1.165) is 27.3 Å². The fraction of sp³-hybridized carbons (Fsp3) is 0.250. The number of hydrogen-bond donors (Lipinski definition) is 1. The van der Waals surface area contributed by atoms with Gasteiger partial charge < -0.3 is 9.64 Å². The van der Waals surface area contributed by atoms with Gasteiger partial charge in [-0.25, -0.2) is 0 Å². The monoisotopic (exact) mass is 295 g/mol. The van der Waals surface area contributed by atoms with Crippen molar-refractivity contribution in [2.75, 3.05) is 26.1 Å². The Labute approximate surface area is 109 Å². The third-order valence-corrected chi connectivity index (χ3v) is 3.24. The number of aromatic nitrogens is 2. The van der Waals surface area contributed by atoms with Crippen molar-refractivity contribution in [3.8, 4) is 17.0 Å². The first-order chi connectivity index (χ1) is 8.13. The lowest BCUT2D eigenvalue weighted by molar-refractivity contribution is 0.415. The Morgan fingerprint density at radius 2 is 1.88 bits per heavy atom. The SMILES string of the molecule is COc1ccc(-c2[nH]nc(N(C)C)c2Br)cc1. The van der Waals surface area contributed by atoms with E-state index in [4.69, 9.17) is 4.74 Å². The van der Waals surface area contributed by atoms with Crippen LogP contribution in [0.5, 0.6) is 5.75 Å². The van der Waals surface area contributed by atoms with Gasteiger partial charge in [0.1, 0.15) is 5.75 Å². The number of methoxy groups -OCH3 is 1. The number of halogens is 1. The van der Waals surface area contributed by atoms with Crippen LogP contribution in [0.1, 0.15) is 0 Å². The first kappa shape index (κ1) is 12.0. The molecule has 0 amide bonds. The highest BCUT2D eigenvalue weighted by atomic mass is 79.9. The number of nitrogens with one attached hydrogen (secondary N) is 1. The predicted molar refractivity (Wildman–Crippen MR) is 72.6 cm³/mol. The van der Waals surface area contributed by atoms with Gasteiger partial charge in [-0.2, -0.15) is 5.10 Å². The molecule has 0 fully saturated rings. The van der Waals surface area contributed by atoms with Gasteiger partial charge in [0.25, 0.3) is 0 Å². The number of H-pyrrole nitrogens is 1. The maximum absolute atomic E-state index is 5.13. The normalized spacial score (nSPS) is 10.4. The molecule has 1 aromatic carbocycles. The maximum atomic E-state index is 5.13. The van der Waals surface area contributed by atoms with Crippen molar-refractivity contribution in [1.82, 2.24) is 10.2 Å². The molecule has 2 rings (SSSR count). The van der Waals surface area contributed by atoms with Crippen LogP contribution in [-0.4, -0.2) is 31.4 Å². The molecule has 5 heteroatoms. The first-order valence-corrected chi connectivity index (χ1v) is 5.98. The van der Waals surface area contributed by atoms with Gasteiger partial charge in [0.2, 0.25) is 0 Å². The fourth-order valence-corrected chi connectivity index (χ4v) is 2.32. The van der Waals surface area contributed by atoms with Gasteiger partial charge in [-0.05, 0) is 40.2 Å². The molecule has 1 aromatic heterocycles. The second kappa shape index (κ2) is 4.79. The Morgan fingerprint density at radius 3 is 2.35 bits per heavy atom. The van der Waals surface area contributed by atoms with Gasteiger partial charge in [-0.15, -0.1) is 0 Å².